The van der Waals surface area contributed by atoms with Gasteiger partial charge in [-0.25, -0.2) is 4.79 Å². The van der Waals surface area contributed by atoms with Crippen molar-refractivity contribution < 1.29 is 9.53 Å². The lowest BCUT2D eigenvalue weighted by Gasteiger charge is -2.05. The van der Waals surface area contributed by atoms with Gasteiger partial charge in [0.1, 0.15) is 5.75 Å². The molecule has 0 aliphatic heterocycles. The van der Waals surface area contributed by atoms with Crippen molar-refractivity contribution in [1.82, 2.24) is 0 Å². The van der Waals surface area contributed by atoms with Crippen LogP contribution in [0.5, 0.6) is 5.75 Å². The first kappa shape index (κ1) is 15.5. The molecule has 4 N–H and O–H groups in total. The first-order valence-corrected chi connectivity index (χ1v) is 6.63. The first-order valence-electron chi connectivity index (χ1n) is 6.25. The monoisotopic (exact) mass is 316 g/mol. The number of ether oxygens (including phenoxy) is 1. The number of nitrogens with zero attached hydrogens (tertiary/aromatic N) is 2. The highest BCUT2D eigenvalue weighted by Gasteiger charge is 2.11. The predicted molar refractivity (Wildman–Crippen MR) is 86.3 cm³/mol. The summed E-state index contributed by atoms with van der Waals surface area (Å²) < 4.78 is 5.24. The molecule has 6 nitrogen and oxygen atoms in total. The van der Waals surface area contributed by atoms with Crippen molar-refractivity contribution in [3.8, 4) is 5.75 Å². The van der Waals surface area contributed by atoms with E-state index < -0.39 is 5.97 Å². The van der Waals surface area contributed by atoms with Gasteiger partial charge in [-0.3, -0.25) is 0 Å². The molecular formula is C15H13ClN4O2. The number of nitrogens with two attached hydrogens (primary N) is 2. The summed E-state index contributed by atoms with van der Waals surface area (Å²) >= 11 is 5.94. The number of esters is 1. The smallest absolute Gasteiger partial charge is 0.345 e. The van der Waals surface area contributed by atoms with Crippen molar-refractivity contribution >= 4 is 29.7 Å². The molecule has 0 radical (unpaired) electrons. The van der Waals surface area contributed by atoms with Crippen LogP contribution in [-0.2, 0) is 0 Å². The van der Waals surface area contributed by atoms with Crippen molar-refractivity contribution in [2.45, 2.75) is 0 Å². The van der Waals surface area contributed by atoms with Gasteiger partial charge in [-0.05, 0) is 42.0 Å². The third kappa shape index (κ3) is 4.32. The Morgan fingerprint density at radius 3 is 2.41 bits per heavy atom. The minimum atomic E-state index is -0.521. The van der Waals surface area contributed by atoms with Crippen LogP contribution < -0.4 is 16.2 Å². The lowest BCUT2D eigenvalue weighted by atomic mass is 10.2. The number of halogens is 1. The summed E-state index contributed by atoms with van der Waals surface area (Å²) in [6.07, 6.45) is 1.47. The molecule has 7 heteroatoms. The van der Waals surface area contributed by atoms with E-state index in [1.807, 2.05) is 0 Å². The molecule has 0 saturated carbocycles. The van der Waals surface area contributed by atoms with Crippen LogP contribution in [0.15, 0.2) is 58.7 Å². The van der Waals surface area contributed by atoms with Crippen LogP contribution in [0.3, 0.4) is 0 Å². The molecule has 0 spiro atoms. The van der Waals surface area contributed by atoms with Gasteiger partial charge in [-0.2, -0.15) is 5.10 Å². The lowest BCUT2D eigenvalue weighted by molar-refractivity contribution is 0.0735. The standard InChI is InChI=1S/C15H13ClN4O2/c16-13-4-2-1-3-12(13)14(21)22-11-7-5-10(6-8-11)9-19-20-15(17)18/h1-9H,(H4,17,18,20)/b19-9-. The molecule has 0 heterocycles. The van der Waals surface area contributed by atoms with E-state index in [2.05, 4.69) is 10.2 Å². The van der Waals surface area contributed by atoms with Gasteiger partial charge in [0.2, 0.25) is 5.96 Å². The van der Waals surface area contributed by atoms with E-state index in [1.54, 1.807) is 48.5 Å². The van der Waals surface area contributed by atoms with E-state index >= 15 is 0 Å². The Bertz CT molecular complexity index is 723. The SMILES string of the molecule is NC(N)=N/N=C\c1ccc(OC(=O)c2ccccc2Cl)cc1. The zero-order chi connectivity index (χ0) is 15.9. The number of rotatable bonds is 4. The third-order valence-corrected chi connectivity index (χ3v) is 2.89. The second-order valence-electron chi connectivity index (χ2n) is 4.21. The van der Waals surface area contributed by atoms with Gasteiger partial charge in [0.05, 0.1) is 16.8 Å². The fourth-order valence-corrected chi connectivity index (χ4v) is 1.79. The van der Waals surface area contributed by atoms with Crippen LogP contribution in [-0.4, -0.2) is 18.1 Å². The number of benzene rings is 2. The molecule has 2 aromatic carbocycles. The van der Waals surface area contributed by atoms with Gasteiger partial charge >= 0.3 is 5.97 Å². The van der Waals surface area contributed by atoms with Crippen molar-refractivity contribution in [1.29, 1.82) is 0 Å². The number of carbonyl (C=O) groups is 1. The van der Waals surface area contributed by atoms with E-state index in [-0.39, 0.29) is 5.96 Å². The molecule has 22 heavy (non-hydrogen) atoms. The second kappa shape index (κ2) is 7.24. The minimum absolute atomic E-state index is 0.124. The molecule has 2 aromatic rings. The van der Waals surface area contributed by atoms with Gasteiger partial charge in [-0.15, -0.1) is 5.10 Å². The molecule has 0 unspecified atom stereocenters. The summed E-state index contributed by atoms with van der Waals surface area (Å²) in [4.78, 5) is 12.0. The summed E-state index contributed by atoms with van der Waals surface area (Å²) in [5.41, 5.74) is 11.4. The maximum absolute atomic E-state index is 12.0. The van der Waals surface area contributed by atoms with E-state index in [1.165, 1.54) is 6.21 Å². The molecule has 0 amide bonds. The summed E-state index contributed by atoms with van der Waals surface area (Å²) in [5.74, 6) is -0.252. The normalized spacial score (nSPS) is 10.4. The summed E-state index contributed by atoms with van der Waals surface area (Å²) in [7, 11) is 0. The van der Waals surface area contributed by atoms with Crippen LogP contribution in [0.25, 0.3) is 0 Å². The van der Waals surface area contributed by atoms with Crippen LogP contribution in [0.1, 0.15) is 15.9 Å². The van der Waals surface area contributed by atoms with Crippen LogP contribution in [0.2, 0.25) is 5.02 Å². The number of carbonyl (C=O) groups excluding carboxylic acids is 1. The topological polar surface area (TPSA) is 103 Å². The van der Waals surface area contributed by atoms with E-state index in [4.69, 9.17) is 27.8 Å². The molecule has 0 aromatic heterocycles. The van der Waals surface area contributed by atoms with E-state index in [0.717, 1.165) is 5.56 Å². The molecule has 2 rings (SSSR count). The van der Waals surface area contributed by atoms with Crippen LogP contribution >= 0.6 is 11.6 Å². The van der Waals surface area contributed by atoms with Gasteiger partial charge < -0.3 is 16.2 Å². The Balaban J connectivity index is 2.05. The average molecular weight is 317 g/mol. The fourth-order valence-electron chi connectivity index (χ4n) is 1.57. The Hall–Kier alpha value is -2.86. The van der Waals surface area contributed by atoms with Crippen molar-refractivity contribution in [3.63, 3.8) is 0 Å². The highest BCUT2D eigenvalue weighted by atomic mass is 35.5. The Kier molecular flexibility index (Phi) is 5.11. The molecule has 0 bridgehead atoms. The molecule has 112 valence electrons. The highest BCUT2D eigenvalue weighted by Crippen LogP contribution is 2.18. The number of hydrogen-bond acceptors (Lipinski definition) is 4. The Morgan fingerprint density at radius 1 is 1.09 bits per heavy atom. The second-order valence-corrected chi connectivity index (χ2v) is 4.62. The fraction of sp³-hybridized carbons (Fsp3) is 0. The van der Waals surface area contributed by atoms with Crippen LogP contribution in [0.4, 0.5) is 0 Å². The number of hydrogen-bond donors (Lipinski definition) is 2. The first-order chi connectivity index (χ1) is 10.6. The molecule has 0 aliphatic carbocycles. The van der Waals surface area contributed by atoms with Crippen molar-refractivity contribution in [2.75, 3.05) is 0 Å². The summed E-state index contributed by atoms with van der Waals surface area (Å²) in [5, 5.41) is 7.50. The molecule has 0 atom stereocenters. The summed E-state index contributed by atoms with van der Waals surface area (Å²) in [6.45, 7) is 0. The maximum atomic E-state index is 12.0. The molecular weight excluding hydrogens is 304 g/mol. The summed E-state index contributed by atoms with van der Waals surface area (Å²) in [6, 6.07) is 13.4. The third-order valence-electron chi connectivity index (χ3n) is 2.56. The predicted octanol–water partition coefficient (Wildman–Crippen LogP) is 2.17. The van der Waals surface area contributed by atoms with Gasteiger partial charge in [0.15, 0.2) is 0 Å². The van der Waals surface area contributed by atoms with Gasteiger partial charge in [-0.1, -0.05) is 23.7 Å². The largest absolute Gasteiger partial charge is 0.423 e. The van der Waals surface area contributed by atoms with Gasteiger partial charge in [0.25, 0.3) is 0 Å². The molecule has 0 saturated heterocycles. The lowest BCUT2D eigenvalue weighted by Crippen LogP contribution is -2.21. The molecule has 0 fully saturated rings. The average Bonchev–Trinajstić information content (AvgIpc) is 2.49. The maximum Gasteiger partial charge on any atom is 0.345 e. The minimum Gasteiger partial charge on any atom is -0.423 e. The van der Waals surface area contributed by atoms with E-state index in [0.29, 0.717) is 16.3 Å². The van der Waals surface area contributed by atoms with Crippen LogP contribution in [0, 0.1) is 0 Å². The Morgan fingerprint density at radius 2 is 1.77 bits per heavy atom. The van der Waals surface area contributed by atoms with E-state index in [9.17, 15) is 4.79 Å². The quantitative estimate of drug-likeness (QED) is 0.296. The van der Waals surface area contributed by atoms with Gasteiger partial charge in [0, 0.05) is 0 Å². The number of guanidine groups is 1. The highest BCUT2D eigenvalue weighted by molar-refractivity contribution is 6.33. The van der Waals surface area contributed by atoms with Crippen molar-refractivity contribution in [3.05, 3.63) is 64.7 Å². The molecule has 0 aliphatic rings. The Labute approximate surface area is 132 Å². The van der Waals surface area contributed by atoms with Crippen molar-refractivity contribution in [2.24, 2.45) is 21.7 Å². The zero-order valence-electron chi connectivity index (χ0n) is 11.4. The zero-order valence-corrected chi connectivity index (χ0v) is 12.2.